The van der Waals surface area contributed by atoms with E-state index in [9.17, 15) is 9.59 Å². The first-order valence-corrected chi connectivity index (χ1v) is 7.93. The molecule has 0 aromatic heterocycles. The molecule has 1 amide bonds. The van der Waals surface area contributed by atoms with Crippen molar-refractivity contribution >= 4 is 11.9 Å². The van der Waals surface area contributed by atoms with E-state index >= 15 is 0 Å². The largest absolute Gasteiger partial charge is 0.490 e. The smallest absolute Gasteiger partial charge is 0.323 e. The minimum atomic E-state index is -0.974. The van der Waals surface area contributed by atoms with Crippen molar-refractivity contribution in [2.75, 3.05) is 6.54 Å². The molecular formula is C17H21NO4. The molecule has 2 aliphatic carbocycles. The lowest BCUT2D eigenvalue weighted by Crippen LogP contribution is -2.37. The Balaban J connectivity index is 1.72. The van der Waals surface area contributed by atoms with Crippen LogP contribution in [0.1, 0.15) is 48.9 Å². The van der Waals surface area contributed by atoms with Crippen LogP contribution in [0.3, 0.4) is 0 Å². The van der Waals surface area contributed by atoms with Gasteiger partial charge in [-0.15, -0.1) is 0 Å². The number of nitrogens with zero attached hydrogens (tertiary/aromatic N) is 1. The number of benzene rings is 1. The van der Waals surface area contributed by atoms with Gasteiger partial charge < -0.3 is 14.7 Å². The molecule has 0 heterocycles. The molecule has 0 unspecified atom stereocenters. The molecular weight excluding hydrogens is 282 g/mol. The molecule has 1 aromatic rings. The molecule has 0 saturated heterocycles. The summed E-state index contributed by atoms with van der Waals surface area (Å²) in [5, 5.41) is 8.98. The van der Waals surface area contributed by atoms with Gasteiger partial charge in [-0.3, -0.25) is 9.59 Å². The summed E-state index contributed by atoms with van der Waals surface area (Å²) < 4.78 is 5.92. The molecule has 0 spiro atoms. The van der Waals surface area contributed by atoms with E-state index in [0.29, 0.717) is 11.3 Å². The highest BCUT2D eigenvalue weighted by Gasteiger charge is 2.34. The third-order valence-electron chi connectivity index (χ3n) is 4.24. The van der Waals surface area contributed by atoms with Gasteiger partial charge in [-0.25, -0.2) is 0 Å². The molecule has 2 saturated carbocycles. The number of ether oxygens (including phenoxy) is 1. The molecule has 22 heavy (non-hydrogen) atoms. The van der Waals surface area contributed by atoms with Crippen LogP contribution in [-0.2, 0) is 4.79 Å². The van der Waals surface area contributed by atoms with E-state index in [1.54, 1.807) is 18.2 Å². The van der Waals surface area contributed by atoms with Crippen molar-refractivity contribution in [2.24, 2.45) is 0 Å². The lowest BCUT2D eigenvalue weighted by atomic mass is 10.1. The lowest BCUT2D eigenvalue weighted by molar-refractivity contribution is -0.137. The predicted molar refractivity (Wildman–Crippen MR) is 81.0 cm³/mol. The fourth-order valence-corrected chi connectivity index (χ4v) is 2.97. The minimum Gasteiger partial charge on any atom is -0.490 e. The number of carboxylic acids is 1. The molecule has 1 aromatic carbocycles. The first-order valence-electron chi connectivity index (χ1n) is 7.93. The third-order valence-corrected chi connectivity index (χ3v) is 4.24. The van der Waals surface area contributed by atoms with Gasteiger partial charge in [0, 0.05) is 11.6 Å². The number of aliphatic carboxylic acids is 1. The normalized spacial score (nSPS) is 18.2. The Morgan fingerprint density at radius 1 is 1.18 bits per heavy atom. The first-order chi connectivity index (χ1) is 10.6. The van der Waals surface area contributed by atoms with E-state index in [1.165, 1.54) is 17.7 Å². The Labute approximate surface area is 129 Å². The van der Waals surface area contributed by atoms with Gasteiger partial charge in [0.15, 0.2) is 0 Å². The maximum atomic E-state index is 12.6. The van der Waals surface area contributed by atoms with Gasteiger partial charge in [0.2, 0.25) is 0 Å². The van der Waals surface area contributed by atoms with Crippen LogP contribution in [-0.4, -0.2) is 40.6 Å². The Bertz CT molecular complexity index is 562. The Kier molecular flexibility index (Phi) is 4.32. The SMILES string of the molecule is O=C(O)CN(C(=O)c1cccc(OC2CCCC2)c1)C1CC1. The van der Waals surface area contributed by atoms with E-state index in [1.807, 2.05) is 6.07 Å². The summed E-state index contributed by atoms with van der Waals surface area (Å²) in [5.41, 5.74) is 0.503. The molecule has 118 valence electrons. The topological polar surface area (TPSA) is 66.8 Å². The summed E-state index contributed by atoms with van der Waals surface area (Å²) in [6, 6.07) is 7.18. The summed E-state index contributed by atoms with van der Waals surface area (Å²) in [7, 11) is 0. The van der Waals surface area contributed by atoms with Crippen LogP contribution in [0.15, 0.2) is 24.3 Å². The average molecular weight is 303 g/mol. The van der Waals surface area contributed by atoms with Crippen molar-refractivity contribution in [3.8, 4) is 5.75 Å². The zero-order valence-electron chi connectivity index (χ0n) is 12.5. The number of rotatable bonds is 6. The Hall–Kier alpha value is -2.04. The molecule has 3 rings (SSSR count). The summed E-state index contributed by atoms with van der Waals surface area (Å²) in [6.45, 7) is -0.239. The van der Waals surface area contributed by atoms with Crippen molar-refractivity contribution in [2.45, 2.75) is 50.7 Å². The zero-order valence-corrected chi connectivity index (χ0v) is 12.5. The molecule has 5 heteroatoms. The Morgan fingerprint density at radius 3 is 2.55 bits per heavy atom. The number of carboxylic acid groups (broad SMARTS) is 1. The number of hydrogen-bond acceptors (Lipinski definition) is 3. The highest BCUT2D eigenvalue weighted by Crippen LogP contribution is 2.29. The highest BCUT2D eigenvalue weighted by molar-refractivity contribution is 5.96. The maximum Gasteiger partial charge on any atom is 0.323 e. The van der Waals surface area contributed by atoms with Gasteiger partial charge in [0.05, 0.1) is 6.10 Å². The molecule has 5 nitrogen and oxygen atoms in total. The zero-order chi connectivity index (χ0) is 15.5. The van der Waals surface area contributed by atoms with E-state index in [-0.39, 0.29) is 24.6 Å². The number of hydrogen-bond donors (Lipinski definition) is 1. The van der Waals surface area contributed by atoms with E-state index in [4.69, 9.17) is 9.84 Å². The minimum absolute atomic E-state index is 0.0722. The molecule has 1 N–H and O–H groups in total. The van der Waals surface area contributed by atoms with Crippen LogP contribution in [0.2, 0.25) is 0 Å². The number of carbonyl (C=O) groups is 2. The van der Waals surface area contributed by atoms with E-state index in [0.717, 1.165) is 25.7 Å². The fraction of sp³-hybridized carbons (Fsp3) is 0.529. The molecule has 0 bridgehead atoms. The summed E-state index contributed by atoms with van der Waals surface area (Å²) in [6.07, 6.45) is 6.52. The van der Waals surface area contributed by atoms with Gasteiger partial charge in [0.25, 0.3) is 5.91 Å². The fourth-order valence-electron chi connectivity index (χ4n) is 2.97. The van der Waals surface area contributed by atoms with Crippen molar-refractivity contribution in [3.63, 3.8) is 0 Å². The van der Waals surface area contributed by atoms with Gasteiger partial charge in [0.1, 0.15) is 12.3 Å². The van der Waals surface area contributed by atoms with Gasteiger partial charge >= 0.3 is 5.97 Å². The summed E-state index contributed by atoms with van der Waals surface area (Å²) in [5.74, 6) is -0.496. The van der Waals surface area contributed by atoms with Crippen LogP contribution in [0.5, 0.6) is 5.75 Å². The second kappa shape index (κ2) is 6.38. The maximum absolute atomic E-state index is 12.6. The van der Waals surface area contributed by atoms with Gasteiger partial charge in [-0.2, -0.15) is 0 Å². The van der Waals surface area contributed by atoms with Gasteiger partial charge in [-0.05, 0) is 56.7 Å². The molecule has 0 atom stereocenters. The standard InChI is InChI=1S/C17H21NO4/c19-16(20)11-18(13-8-9-13)17(21)12-4-3-7-15(10-12)22-14-5-1-2-6-14/h3-4,7,10,13-14H,1-2,5-6,8-9,11H2,(H,19,20). The summed E-state index contributed by atoms with van der Waals surface area (Å²) >= 11 is 0. The number of amides is 1. The van der Waals surface area contributed by atoms with E-state index in [2.05, 4.69) is 0 Å². The van der Waals surface area contributed by atoms with Crippen molar-refractivity contribution in [1.82, 2.24) is 4.90 Å². The first kappa shape index (κ1) is 14.9. The quantitative estimate of drug-likeness (QED) is 0.877. The second-order valence-electron chi connectivity index (χ2n) is 6.11. The monoisotopic (exact) mass is 303 g/mol. The van der Waals surface area contributed by atoms with Crippen molar-refractivity contribution in [3.05, 3.63) is 29.8 Å². The molecule has 0 aliphatic heterocycles. The van der Waals surface area contributed by atoms with E-state index < -0.39 is 5.97 Å². The predicted octanol–water partition coefficient (Wildman–Crippen LogP) is 2.70. The second-order valence-corrected chi connectivity index (χ2v) is 6.11. The molecule has 0 radical (unpaired) electrons. The summed E-state index contributed by atoms with van der Waals surface area (Å²) in [4.78, 5) is 25.0. The van der Waals surface area contributed by atoms with Crippen LogP contribution < -0.4 is 4.74 Å². The van der Waals surface area contributed by atoms with Gasteiger partial charge in [-0.1, -0.05) is 6.07 Å². The van der Waals surface area contributed by atoms with Crippen LogP contribution in [0, 0.1) is 0 Å². The molecule has 2 aliphatic rings. The van der Waals surface area contributed by atoms with Crippen LogP contribution in [0.25, 0.3) is 0 Å². The van der Waals surface area contributed by atoms with Crippen molar-refractivity contribution in [1.29, 1.82) is 0 Å². The van der Waals surface area contributed by atoms with Crippen molar-refractivity contribution < 1.29 is 19.4 Å². The van der Waals surface area contributed by atoms with Crippen LogP contribution >= 0.6 is 0 Å². The molecule has 2 fully saturated rings. The lowest BCUT2D eigenvalue weighted by Gasteiger charge is -2.21. The van der Waals surface area contributed by atoms with Crippen LogP contribution in [0.4, 0.5) is 0 Å². The third kappa shape index (κ3) is 3.59. The number of carbonyl (C=O) groups excluding carboxylic acids is 1. The average Bonchev–Trinajstić information content (AvgIpc) is 3.22. The highest BCUT2D eigenvalue weighted by atomic mass is 16.5. The Morgan fingerprint density at radius 2 is 1.91 bits per heavy atom.